The zero-order chi connectivity index (χ0) is 16.4. The van der Waals surface area contributed by atoms with E-state index in [2.05, 4.69) is 20.7 Å². The number of carboxylic acid groups (broad SMARTS) is 1. The number of rotatable bonds is 5. The van der Waals surface area contributed by atoms with E-state index in [-0.39, 0.29) is 23.5 Å². The number of esters is 1. The molecule has 0 saturated carbocycles. The summed E-state index contributed by atoms with van der Waals surface area (Å²) in [6.07, 6.45) is 0. The summed E-state index contributed by atoms with van der Waals surface area (Å²) in [7, 11) is 0. The van der Waals surface area contributed by atoms with Crippen molar-refractivity contribution in [1.29, 1.82) is 0 Å². The summed E-state index contributed by atoms with van der Waals surface area (Å²) in [6.45, 7) is 1.04. The van der Waals surface area contributed by atoms with Gasteiger partial charge in [0.25, 0.3) is 0 Å². The highest BCUT2D eigenvalue weighted by atomic mass is 79.9. The SMILES string of the molecule is CCOC(=O)C(F)(F)[C@H](N)c1c(C(=O)O)ccc(Br)c1O.Cl. The van der Waals surface area contributed by atoms with Crippen LogP contribution in [0, 0.1) is 0 Å². The van der Waals surface area contributed by atoms with Crippen LogP contribution >= 0.6 is 28.3 Å². The molecule has 22 heavy (non-hydrogen) atoms. The van der Waals surface area contributed by atoms with Gasteiger partial charge in [-0.1, -0.05) is 0 Å². The molecule has 4 N–H and O–H groups in total. The predicted molar refractivity (Wildman–Crippen MR) is 78.5 cm³/mol. The van der Waals surface area contributed by atoms with Crippen LogP contribution in [0.2, 0.25) is 0 Å². The van der Waals surface area contributed by atoms with Crippen molar-refractivity contribution < 1.29 is 33.3 Å². The van der Waals surface area contributed by atoms with Gasteiger partial charge >= 0.3 is 17.9 Å². The number of benzene rings is 1. The Morgan fingerprint density at radius 2 is 2.00 bits per heavy atom. The van der Waals surface area contributed by atoms with Crippen LogP contribution in [0.25, 0.3) is 0 Å². The molecule has 0 unspecified atom stereocenters. The van der Waals surface area contributed by atoms with Crippen LogP contribution in [0.5, 0.6) is 5.75 Å². The highest BCUT2D eigenvalue weighted by Crippen LogP contribution is 2.40. The second kappa shape index (κ2) is 7.70. The second-order valence-electron chi connectivity index (χ2n) is 3.98. The van der Waals surface area contributed by atoms with Gasteiger partial charge in [-0.05, 0) is 35.0 Å². The summed E-state index contributed by atoms with van der Waals surface area (Å²) in [5, 5.41) is 18.8. The van der Waals surface area contributed by atoms with Gasteiger partial charge in [-0.25, -0.2) is 9.59 Å². The molecule has 1 aromatic rings. The lowest BCUT2D eigenvalue weighted by Crippen LogP contribution is -2.42. The summed E-state index contributed by atoms with van der Waals surface area (Å²) in [5.74, 6) is -8.43. The molecule has 0 aliphatic rings. The largest absolute Gasteiger partial charge is 0.506 e. The first-order valence-corrected chi connectivity index (χ1v) is 6.49. The summed E-state index contributed by atoms with van der Waals surface area (Å²) in [6, 6.07) is -0.222. The quantitative estimate of drug-likeness (QED) is 0.650. The summed E-state index contributed by atoms with van der Waals surface area (Å²) >= 11 is 2.87. The van der Waals surface area contributed by atoms with Crippen molar-refractivity contribution in [2.45, 2.75) is 18.9 Å². The molecule has 0 heterocycles. The van der Waals surface area contributed by atoms with Gasteiger partial charge in [-0.3, -0.25) is 0 Å². The first-order chi connectivity index (χ1) is 9.64. The Labute approximate surface area is 138 Å². The van der Waals surface area contributed by atoms with Crippen LogP contribution in [0.4, 0.5) is 8.78 Å². The molecule has 6 nitrogen and oxygen atoms in total. The van der Waals surface area contributed by atoms with Gasteiger partial charge in [-0.2, -0.15) is 8.78 Å². The maximum absolute atomic E-state index is 13.9. The number of alkyl halides is 2. The third-order valence-electron chi connectivity index (χ3n) is 2.65. The normalized spacial score (nSPS) is 12.2. The van der Waals surface area contributed by atoms with Gasteiger partial charge in [0.05, 0.1) is 16.6 Å². The Morgan fingerprint density at radius 1 is 1.45 bits per heavy atom. The van der Waals surface area contributed by atoms with Crippen LogP contribution in [0.15, 0.2) is 16.6 Å². The Hall–Kier alpha value is -1.45. The molecule has 0 bridgehead atoms. The predicted octanol–water partition coefficient (Wildman–Crippen LogP) is 2.47. The summed E-state index contributed by atoms with van der Waals surface area (Å²) in [4.78, 5) is 22.3. The lowest BCUT2D eigenvalue weighted by molar-refractivity contribution is -0.174. The molecule has 124 valence electrons. The summed E-state index contributed by atoms with van der Waals surface area (Å²) in [5.41, 5.74) is 3.93. The zero-order valence-electron chi connectivity index (χ0n) is 11.2. The van der Waals surface area contributed by atoms with Gasteiger partial charge in [0, 0.05) is 5.56 Å². The summed E-state index contributed by atoms with van der Waals surface area (Å²) < 4.78 is 32.0. The molecule has 0 radical (unpaired) electrons. The van der Waals surface area contributed by atoms with E-state index in [0.717, 1.165) is 12.1 Å². The highest BCUT2D eigenvalue weighted by molar-refractivity contribution is 9.10. The monoisotopic (exact) mass is 403 g/mol. The van der Waals surface area contributed by atoms with Gasteiger partial charge < -0.3 is 20.7 Å². The van der Waals surface area contributed by atoms with E-state index >= 15 is 0 Å². The Bertz CT molecular complexity index is 585. The number of hydrogen-bond donors (Lipinski definition) is 3. The van der Waals surface area contributed by atoms with E-state index in [4.69, 9.17) is 10.8 Å². The molecule has 0 aliphatic carbocycles. The van der Waals surface area contributed by atoms with Gasteiger partial charge in [0.15, 0.2) is 0 Å². The molecule has 1 rings (SSSR count). The third-order valence-corrected chi connectivity index (χ3v) is 3.29. The molecule has 0 spiro atoms. The zero-order valence-corrected chi connectivity index (χ0v) is 13.6. The fourth-order valence-corrected chi connectivity index (χ4v) is 1.96. The van der Waals surface area contributed by atoms with Crippen LogP contribution in [-0.4, -0.2) is 34.7 Å². The van der Waals surface area contributed by atoms with Crippen molar-refractivity contribution in [3.8, 4) is 5.75 Å². The van der Waals surface area contributed by atoms with E-state index in [1.54, 1.807) is 0 Å². The fraction of sp³-hybridized carbons (Fsp3) is 0.333. The molecule has 10 heteroatoms. The molecular formula is C12H13BrClF2NO5. The molecule has 1 aromatic carbocycles. The number of ether oxygens (including phenoxy) is 1. The van der Waals surface area contributed by atoms with E-state index in [1.165, 1.54) is 6.92 Å². The Balaban J connectivity index is 0.00000441. The third kappa shape index (κ3) is 3.84. The van der Waals surface area contributed by atoms with Crippen molar-refractivity contribution in [2.24, 2.45) is 5.73 Å². The van der Waals surface area contributed by atoms with Crippen molar-refractivity contribution in [3.63, 3.8) is 0 Å². The highest BCUT2D eigenvalue weighted by Gasteiger charge is 2.50. The standard InChI is InChI=1S/C12H12BrF2NO5.ClH/c1-2-21-11(20)12(14,15)9(16)7-5(10(18)19)3-4-6(13)8(7)17;/h3-4,9,17H,2,16H2,1H3,(H,18,19);1H/t9-;/m1./s1. The first-order valence-electron chi connectivity index (χ1n) is 5.69. The number of hydrogen-bond acceptors (Lipinski definition) is 5. The van der Waals surface area contributed by atoms with E-state index < -0.39 is 40.8 Å². The van der Waals surface area contributed by atoms with Crippen molar-refractivity contribution in [2.75, 3.05) is 6.61 Å². The van der Waals surface area contributed by atoms with Gasteiger partial charge in [0.2, 0.25) is 0 Å². The van der Waals surface area contributed by atoms with Gasteiger partial charge in [0.1, 0.15) is 11.8 Å². The number of phenols is 1. The molecular weight excluding hydrogens is 391 g/mol. The molecule has 1 atom stereocenters. The Morgan fingerprint density at radius 3 is 2.45 bits per heavy atom. The number of aromatic hydroxyl groups is 1. The minimum Gasteiger partial charge on any atom is -0.506 e. The molecule has 0 aliphatic heterocycles. The fourth-order valence-electron chi connectivity index (χ4n) is 1.62. The average Bonchev–Trinajstić information content (AvgIpc) is 2.40. The number of carbonyl (C=O) groups excluding carboxylic acids is 1. The van der Waals surface area contributed by atoms with Crippen molar-refractivity contribution in [1.82, 2.24) is 0 Å². The van der Waals surface area contributed by atoms with Crippen LogP contribution in [0.3, 0.4) is 0 Å². The molecule has 0 saturated heterocycles. The molecule has 0 fully saturated rings. The number of nitrogens with two attached hydrogens (primary N) is 1. The van der Waals surface area contributed by atoms with Crippen molar-refractivity contribution in [3.05, 3.63) is 27.7 Å². The molecule has 0 aromatic heterocycles. The lowest BCUT2D eigenvalue weighted by atomic mass is 9.95. The van der Waals surface area contributed by atoms with Gasteiger partial charge in [-0.15, -0.1) is 12.4 Å². The maximum Gasteiger partial charge on any atom is 0.379 e. The van der Waals surface area contributed by atoms with Crippen LogP contribution < -0.4 is 5.73 Å². The minimum atomic E-state index is -4.20. The number of carboxylic acids is 1. The second-order valence-corrected chi connectivity index (χ2v) is 4.84. The smallest absolute Gasteiger partial charge is 0.379 e. The minimum absolute atomic E-state index is 0. The van der Waals surface area contributed by atoms with Crippen LogP contribution in [-0.2, 0) is 9.53 Å². The maximum atomic E-state index is 13.9. The van der Waals surface area contributed by atoms with E-state index in [0.29, 0.717) is 0 Å². The number of phenolic OH excluding ortho intramolecular Hbond substituents is 1. The van der Waals surface area contributed by atoms with Crippen molar-refractivity contribution >= 4 is 40.3 Å². The first kappa shape index (κ1) is 20.6. The number of aromatic carboxylic acids is 1. The average molecular weight is 405 g/mol. The topological polar surface area (TPSA) is 110 Å². The number of halogens is 4. The lowest BCUT2D eigenvalue weighted by Gasteiger charge is -2.24. The van der Waals surface area contributed by atoms with Crippen LogP contribution in [0.1, 0.15) is 28.9 Å². The van der Waals surface area contributed by atoms with E-state index in [1.807, 2.05) is 0 Å². The number of carbonyl (C=O) groups is 2. The molecule has 0 amide bonds. The van der Waals surface area contributed by atoms with E-state index in [9.17, 15) is 23.5 Å². The Kier molecular flexibility index (Phi) is 7.20.